The molecule has 0 amide bonds. The van der Waals surface area contributed by atoms with Crippen molar-refractivity contribution in [2.24, 2.45) is 0 Å². The highest BCUT2D eigenvalue weighted by atomic mass is 32.1. The molecule has 44 heavy (non-hydrogen) atoms. The number of nitriles is 1. The Morgan fingerprint density at radius 3 is 2.75 bits per heavy atom. The van der Waals surface area contributed by atoms with Crippen molar-refractivity contribution in [3.05, 3.63) is 39.2 Å². The molecule has 7 rings (SSSR count). The number of ether oxygens (including phenoxy) is 3. The number of nitrogens with one attached hydrogen (secondary N) is 1. The summed E-state index contributed by atoms with van der Waals surface area (Å²) in [5.41, 5.74) is 7.21. The zero-order chi connectivity index (χ0) is 30.6. The van der Waals surface area contributed by atoms with Crippen LogP contribution in [0.15, 0.2) is 17.4 Å². The van der Waals surface area contributed by atoms with E-state index in [0.29, 0.717) is 80.0 Å². The first-order chi connectivity index (χ1) is 21.2. The highest BCUT2D eigenvalue weighted by Gasteiger charge is 2.48. The SMILES string of the molecule is C[C@H](Oc1cc(N2CCOC3(COC3)C2)nc(C(=N)C2=C(O)[C@@]3(CCC2)CCCc2sc(N)c(C#N)c23)n1)[C@@H]1CCCN1C. The Kier molecular flexibility index (Phi) is 7.56. The van der Waals surface area contributed by atoms with Gasteiger partial charge in [0.1, 0.15) is 40.1 Å². The maximum absolute atomic E-state index is 12.0. The van der Waals surface area contributed by atoms with E-state index in [0.717, 1.165) is 49.1 Å². The molecule has 3 aliphatic heterocycles. The van der Waals surface area contributed by atoms with E-state index in [1.807, 2.05) is 6.07 Å². The Morgan fingerprint density at radius 1 is 1.25 bits per heavy atom. The first-order valence-electron chi connectivity index (χ1n) is 15.8. The van der Waals surface area contributed by atoms with Crippen LogP contribution in [0.25, 0.3) is 0 Å². The first kappa shape index (κ1) is 29.5. The minimum absolute atomic E-state index is 0.0944. The third-order valence-electron chi connectivity index (χ3n) is 10.3. The van der Waals surface area contributed by atoms with E-state index in [-0.39, 0.29) is 35.0 Å². The summed E-state index contributed by atoms with van der Waals surface area (Å²) in [7, 11) is 2.13. The van der Waals surface area contributed by atoms with Crippen LogP contribution in [0.5, 0.6) is 5.88 Å². The summed E-state index contributed by atoms with van der Waals surface area (Å²) >= 11 is 1.46. The van der Waals surface area contributed by atoms with Gasteiger partial charge >= 0.3 is 0 Å². The lowest BCUT2D eigenvalue weighted by atomic mass is 9.63. The molecule has 5 aliphatic rings. The number of aliphatic hydroxyl groups is 1. The Hall–Kier alpha value is -3.24. The fourth-order valence-corrected chi connectivity index (χ4v) is 9.18. The summed E-state index contributed by atoms with van der Waals surface area (Å²) in [6, 6.07) is 4.47. The van der Waals surface area contributed by atoms with Crippen molar-refractivity contribution in [3.8, 4) is 11.9 Å². The van der Waals surface area contributed by atoms with Crippen LogP contribution in [0.4, 0.5) is 10.8 Å². The molecule has 0 bridgehead atoms. The van der Waals surface area contributed by atoms with Crippen LogP contribution in [0, 0.1) is 16.7 Å². The lowest BCUT2D eigenvalue weighted by Crippen LogP contribution is -2.63. The standard InChI is InChI=1S/C32H41N7O4S/c1-19(22-7-5-11-38(22)2)43-25-14-24(39-12-13-42-31(16-39)17-41-18-31)36-30(37-25)27(34)20-6-3-9-32(28(20)40)10-4-8-23-26(32)21(15-33)29(35)44-23/h14,19,22,34,40H,3-13,16-18,35H2,1-2H3/t19-,22-,32-/m0/s1. The molecule has 0 aromatic carbocycles. The lowest BCUT2D eigenvalue weighted by Gasteiger charge is -2.48. The number of fused-ring (bicyclic) bond motifs is 2. The molecule has 4 N–H and O–H groups in total. The molecular formula is C32H41N7O4S. The summed E-state index contributed by atoms with van der Waals surface area (Å²) in [4.78, 5) is 15.3. The van der Waals surface area contributed by atoms with E-state index in [9.17, 15) is 15.8 Å². The second kappa shape index (κ2) is 11.3. The number of nitrogens with zero attached hydrogens (tertiary/aromatic N) is 5. The molecule has 0 saturated carbocycles. The van der Waals surface area contributed by atoms with Gasteiger partial charge in [0.25, 0.3) is 0 Å². The number of hydrogen-bond donors (Lipinski definition) is 3. The number of anilines is 2. The van der Waals surface area contributed by atoms with Crippen LogP contribution in [0.2, 0.25) is 0 Å². The van der Waals surface area contributed by atoms with Crippen molar-refractivity contribution in [2.45, 2.75) is 81.5 Å². The summed E-state index contributed by atoms with van der Waals surface area (Å²) in [6.07, 6.45) is 6.59. The number of aryl methyl sites for hydroxylation is 1. The molecule has 234 valence electrons. The molecule has 0 unspecified atom stereocenters. The molecule has 11 nitrogen and oxygen atoms in total. The summed E-state index contributed by atoms with van der Waals surface area (Å²) < 4.78 is 18.0. The third-order valence-corrected chi connectivity index (χ3v) is 11.4. The predicted molar refractivity (Wildman–Crippen MR) is 168 cm³/mol. The van der Waals surface area contributed by atoms with Crippen LogP contribution in [-0.2, 0) is 21.3 Å². The van der Waals surface area contributed by atoms with Crippen molar-refractivity contribution >= 4 is 27.9 Å². The van der Waals surface area contributed by atoms with Crippen LogP contribution in [-0.4, -0.2) is 89.9 Å². The van der Waals surface area contributed by atoms with Crippen LogP contribution in [0.1, 0.15) is 73.7 Å². The Bertz CT molecular complexity index is 1550. The van der Waals surface area contributed by atoms with E-state index >= 15 is 0 Å². The first-order valence-corrected chi connectivity index (χ1v) is 16.6. The molecule has 3 atom stereocenters. The van der Waals surface area contributed by atoms with Crippen molar-refractivity contribution in [1.29, 1.82) is 10.7 Å². The predicted octanol–water partition coefficient (Wildman–Crippen LogP) is 4.10. The van der Waals surface area contributed by atoms with Crippen molar-refractivity contribution in [2.75, 3.05) is 57.1 Å². The van der Waals surface area contributed by atoms with E-state index in [4.69, 9.17) is 29.9 Å². The van der Waals surface area contributed by atoms with E-state index in [2.05, 4.69) is 29.8 Å². The smallest absolute Gasteiger partial charge is 0.219 e. The lowest BCUT2D eigenvalue weighted by molar-refractivity contribution is -0.211. The van der Waals surface area contributed by atoms with E-state index in [1.54, 1.807) is 0 Å². The van der Waals surface area contributed by atoms with Crippen LogP contribution >= 0.6 is 11.3 Å². The summed E-state index contributed by atoms with van der Waals surface area (Å²) in [6.45, 7) is 6.06. The number of aromatic nitrogens is 2. The minimum atomic E-state index is -0.716. The monoisotopic (exact) mass is 619 g/mol. The third kappa shape index (κ3) is 4.85. The Morgan fingerprint density at radius 2 is 2.05 bits per heavy atom. The highest BCUT2D eigenvalue weighted by molar-refractivity contribution is 7.16. The molecule has 0 radical (unpaired) electrons. The normalized spacial score (nSPS) is 27.2. The van der Waals surface area contributed by atoms with Gasteiger partial charge in [-0.15, -0.1) is 11.3 Å². The minimum Gasteiger partial charge on any atom is -0.511 e. The number of allylic oxidation sites excluding steroid dienone is 2. The molecule has 12 heteroatoms. The number of aliphatic hydroxyl groups excluding tert-OH is 1. The van der Waals surface area contributed by atoms with Gasteiger partial charge in [0, 0.05) is 29.1 Å². The largest absolute Gasteiger partial charge is 0.511 e. The number of hydrogen-bond acceptors (Lipinski definition) is 12. The molecule has 2 spiro atoms. The molecule has 2 aromatic heterocycles. The maximum atomic E-state index is 12.0. The zero-order valence-electron chi connectivity index (χ0n) is 25.5. The summed E-state index contributed by atoms with van der Waals surface area (Å²) in [5, 5.41) is 31.9. The second-order valence-electron chi connectivity index (χ2n) is 13.1. The topological polar surface area (TPSA) is 154 Å². The van der Waals surface area contributed by atoms with Crippen molar-refractivity contribution in [3.63, 3.8) is 0 Å². The number of rotatable bonds is 6. The van der Waals surface area contributed by atoms with E-state index < -0.39 is 5.41 Å². The van der Waals surface area contributed by atoms with Crippen LogP contribution < -0.4 is 15.4 Å². The fourth-order valence-electron chi connectivity index (χ4n) is 8.01. The average Bonchev–Trinajstić information content (AvgIpc) is 3.59. The molecule has 3 saturated heterocycles. The summed E-state index contributed by atoms with van der Waals surface area (Å²) in [5.74, 6) is 1.50. The Labute approximate surface area is 262 Å². The molecule has 3 fully saturated rings. The van der Waals surface area contributed by atoms with Crippen LogP contribution in [0.3, 0.4) is 0 Å². The number of nitrogens with two attached hydrogens (primary N) is 1. The van der Waals surface area contributed by atoms with Gasteiger partial charge in [-0.2, -0.15) is 10.2 Å². The Balaban J connectivity index is 1.27. The van der Waals surface area contributed by atoms with Gasteiger partial charge in [0.2, 0.25) is 5.88 Å². The zero-order valence-corrected chi connectivity index (χ0v) is 26.3. The molecular weight excluding hydrogens is 578 g/mol. The van der Waals surface area contributed by atoms with Gasteiger partial charge in [0.05, 0.1) is 37.3 Å². The highest BCUT2D eigenvalue weighted by Crippen LogP contribution is 2.54. The number of nitrogen functional groups attached to an aromatic ring is 1. The number of likely N-dealkylation sites (tertiary alicyclic amines) is 1. The molecule has 2 aromatic rings. The average molecular weight is 620 g/mol. The van der Waals surface area contributed by atoms with Gasteiger partial charge in [-0.1, -0.05) is 0 Å². The van der Waals surface area contributed by atoms with Gasteiger partial charge < -0.3 is 30.0 Å². The van der Waals surface area contributed by atoms with E-state index in [1.165, 1.54) is 11.3 Å². The number of thiophene rings is 1. The van der Waals surface area contributed by atoms with Gasteiger partial charge in [0.15, 0.2) is 5.82 Å². The van der Waals surface area contributed by atoms with Crippen molar-refractivity contribution < 1.29 is 19.3 Å². The second-order valence-corrected chi connectivity index (χ2v) is 14.2. The number of likely N-dealkylation sites (N-methyl/N-ethyl adjacent to an activating group) is 1. The maximum Gasteiger partial charge on any atom is 0.219 e. The van der Waals surface area contributed by atoms with Gasteiger partial charge in [-0.25, -0.2) is 4.98 Å². The molecule has 2 aliphatic carbocycles. The quantitative estimate of drug-likeness (QED) is 0.403. The van der Waals surface area contributed by atoms with Crippen molar-refractivity contribution in [1.82, 2.24) is 14.9 Å². The number of morpholine rings is 1. The van der Waals surface area contributed by atoms with Gasteiger partial charge in [-0.3, -0.25) is 10.3 Å². The molecule has 5 heterocycles. The fraction of sp³-hybridized carbons (Fsp3) is 0.625. The van der Waals surface area contributed by atoms with Gasteiger partial charge in [-0.05, 0) is 77.4 Å².